The molecule has 1 aromatic rings. The summed E-state index contributed by atoms with van der Waals surface area (Å²) in [4.78, 5) is 13.9. The highest BCUT2D eigenvalue weighted by Crippen LogP contribution is 2.20. The molecule has 0 bridgehead atoms. The van der Waals surface area contributed by atoms with E-state index in [1.807, 2.05) is 11.0 Å². The first-order chi connectivity index (χ1) is 9.16. The number of benzene rings is 1. The molecule has 104 valence electrons. The van der Waals surface area contributed by atoms with E-state index in [9.17, 15) is 4.79 Å². The summed E-state index contributed by atoms with van der Waals surface area (Å²) >= 11 is 12.0. The highest BCUT2D eigenvalue weighted by molar-refractivity contribution is 6.33. The van der Waals surface area contributed by atoms with Crippen molar-refractivity contribution in [1.29, 1.82) is 0 Å². The Balaban J connectivity index is 1.79. The lowest BCUT2D eigenvalue weighted by atomic mass is 10.1. The van der Waals surface area contributed by atoms with Crippen LogP contribution in [0.15, 0.2) is 18.2 Å². The second kappa shape index (κ2) is 7.13. The van der Waals surface area contributed by atoms with Crippen LogP contribution in [0.5, 0.6) is 0 Å². The van der Waals surface area contributed by atoms with Gasteiger partial charge in [-0.3, -0.25) is 4.79 Å². The van der Waals surface area contributed by atoms with Crippen LogP contribution >= 0.6 is 23.2 Å². The predicted octanol–water partition coefficient (Wildman–Crippen LogP) is 3.10. The van der Waals surface area contributed by atoms with Crippen molar-refractivity contribution >= 4 is 29.1 Å². The number of amides is 1. The zero-order valence-corrected chi connectivity index (χ0v) is 12.3. The van der Waals surface area contributed by atoms with Crippen LogP contribution in [0.1, 0.15) is 24.8 Å². The molecule has 1 aromatic carbocycles. The molecule has 0 aliphatic carbocycles. The molecule has 19 heavy (non-hydrogen) atoms. The maximum atomic E-state index is 11.9. The average molecular weight is 301 g/mol. The lowest BCUT2D eigenvalue weighted by Crippen LogP contribution is -2.40. The Kier molecular flexibility index (Phi) is 5.49. The van der Waals surface area contributed by atoms with E-state index in [2.05, 4.69) is 5.32 Å². The Morgan fingerprint density at radius 2 is 1.95 bits per heavy atom. The lowest BCUT2D eigenvalue weighted by Gasteiger charge is -2.26. The van der Waals surface area contributed by atoms with Gasteiger partial charge in [0.25, 0.3) is 0 Å². The fourth-order valence-electron chi connectivity index (χ4n) is 2.24. The molecule has 1 N–H and O–H groups in total. The molecule has 2 rings (SSSR count). The van der Waals surface area contributed by atoms with Gasteiger partial charge in [-0.2, -0.15) is 0 Å². The van der Waals surface area contributed by atoms with Crippen molar-refractivity contribution in [3.05, 3.63) is 33.8 Å². The molecule has 1 fully saturated rings. The number of nitrogens with one attached hydrogen (secondary N) is 1. The SMILES string of the molecule is O=C(CNCc1cc(Cl)ccc1Cl)N1CCCCC1. The number of rotatable bonds is 4. The van der Waals surface area contributed by atoms with Gasteiger partial charge in [0, 0.05) is 29.7 Å². The maximum absolute atomic E-state index is 11.9. The van der Waals surface area contributed by atoms with E-state index in [1.165, 1.54) is 6.42 Å². The van der Waals surface area contributed by atoms with Crippen LogP contribution < -0.4 is 5.32 Å². The maximum Gasteiger partial charge on any atom is 0.236 e. The van der Waals surface area contributed by atoms with Crippen molar-refractivity contribution < 1.29 is 4.79 Å². The number of hydrogen-bond donors (Lipinski definition) is 1. The van der Waals surface area contributed by atoms with Gasteiger partial charge < -0.3 is 10.2 Å². The Hall–Kier alpha value is -0.770. The van der Waals surface area contributed by atoms with Crippen LogP contribution in [-0.4, -0.2) is 30.4 Å². The number of halogens is 2. The standard InChI is InChI=1S/C14H18Cl2N2O/c15-12-4-5-13(16)11(8-12)9-17-10-14(19)18-6-2-1-3-7-18/h4-5,8,17H,1-3,6-7,9-10H2. The van der Waals surface area contributed by atoms with Crippen LogP contribution in [0, 0.1) is 0 Å². The Morgan fingerprint density at radius 3 is 2.68 bits per heavy atom. The molecule has 1 amide bonds. The topological polar surface area (TPSA) is 32.3 Å². The zero-order valence-electron chi connectivity index (χ0n) is 10.8. The molecule has 0 aromatic heterocycles. The van der Waals surface area contributed by atoms with Crippen LogP contribution in [0.25, 0.3) is 0 Å². The summed E-state index contributed by atoms with van der Waals surface area (Å²) in [5.74, 6) is 0.165. The second-order valence-corrected chi connectivity index (χ2v) is 5.62. The molecule has 1 heterocycles. The molecule has 1 aliphatic rings. The average Bonchev–Trinajstić information content (AvgIpc) is 2.43. The van der Waals surface area contributed by atoms with E-state index in [-0.39, 0.29) is 5.91 Å². The molecule has 3 nitrogen and oxygen atoms in total. The summed E-state index contributed by atoms with van der Waals surface area (Å²) < 4.78 is 0. The molecule has 5 heteroatoms. The van der Waals surface area contributed by atoms with Crippen molar-refractivity contribution in [3.63, 3.8) is 0 Å². The van der Waals surface area contributed by atoms with Gasteiger partial charge in [0.1, 0.15) is 0 Å². The fourth-order valence-corrected chi connectivity index (χ4v) is 2.62. The molecule has 0 saturated carbocycles. The number of carbonyl (C=O) groups excluding carboxylic acids is 1. The van der Waals surface area contributed by atoms with Gasteiger partial charge in [0.2, 0.25) is 5.91 Å². The van der Waals surface area contributed by atoms with Crippen molar-refractivity contribution in [2.24, 2.45) is 0 Å². The van der Waals surface area contributed by atoms with Gasteiger partial charge in [0.05, 0.1) is 6.54 Å². The minimum atomic E-state index is 0.165. The van der Waals surface area contributed by atoms with E-state index in [0.717, 1.165) is 31.5 Å². The zero-order chi connectivity index (χ0) is 13.7. The Bertz CT molecular complexity index is 445. The third-order valence-electron chi connectivity index (χ3n) is 3.31. The van der Waals surface area contributed by atoms with Crippen LogP contribution in [0.2, 0.25) is 10.0 Å². The van der Waals surface area contributed by atoms with Crippen LogP contribution in [0.4, 0.5) is 0 Å². The van der Waals surface area contributed by atoms with E-state index in [1.54, 1.807) is 12.1 Å². The molecular formula is C14H18Cl2N2O. The fraction of sp³-hybridized carbons (Fsp3) is 0.500. The number of likely N-dealkylation sites (tertiary alicyclic amines) is 1. The summed E-state index contributed by atoms with van der Waals surface area (Å²) in [7, 11) is 0. The quantitative estimate of drug-likeness (QED) is 0.927. The summed E-state index contributed by atoms with van der Waals surface area (Å²) in [5, 5.41) is 4.46. The van der Waals surface area contributed by atoms with Gasteiger partial charge in [0.15, 0.2) is 0 Å². The lowest BCUT2D eigenvalue weighted by molar-refractivity contribution is -0.131. The summed E-state index contributed by atoms with van der Waals surface area (Å²) in [6.07, 6.45) is 3.47. The van der Waals surface area contributed by atoms with Crippen LogP contribution in [-0.2, 0) is 11.3 Å². The number of carbonyl (C=O) groups is 1. The van der Waals surface area contributed by atoms with Crippen LogP contribution in [0.3, 0.4) is 0 Å². The van der Waals surface area contributed by atoms with Gasteiger partial charge in [-0.25, -0.2) is 0 Å². The predicted molar refractivity (Wildman–Crippen MR) is 78.6 cm³/mol. The minimum Gasteiger partial charge on any atom is -0.342 e. The third-order valence-corrected chi connectivity index (χ3v) is 3.91. The number of hydrogen-bond acceptors (Lipinski definition) is 2. The van der Waals surface area contributed by atoms with Gasteiger partial charge >= 0.3 is 0 Å². The first kappa shape index (κ1) is 14.6. The monoisotopic (exact) mass is 300 g/mol. The van der Waals surface area contributed by atoms with Gasteiger partial charge in [-0.1, -0.05) is 23.2 Å². The molecule has 0 spiro atoms. The molecule has 0 atom stereocenters. The normalized spacial score (nSPS) is 15.6. The molecule has 1 saturated heterocycles. The molecule has 0 radical (unpaired) electrons. The highest BCUT2D eigenvalue weighted by atomic mass is 35.5. The first-order valence-corrected chi connectivity index (χ1v) is 7.35. The van der Waals surface area contributed by atoms with Crippen molar-refractivity contribution in [3.8, 4) is 0 Å². The second-order valence-electron chi connectivity index (χ2n) is 4.78. The highest BCUT2D eigenvalue weighted by Gasteiger charge is 2.15. The third kappa shape index (κ3) is 4.37. The molecular weight excluding hydrogens is 283 g/mol. The Labute approximate surface area is 123 Å². The smallest absolute Gasteiger partial charge is 0.236 e. The van der Waals surface area contributed by atoms with Gasteiger partial charge in [-0.15, -0.1) is 0 Å². The van der Waals surface area contributed by atoms with Crippen molar-refractivity contribution in [2.45, 2.75) is 25.8 Å². The van der Waals surface area contributed by atoms with E-state index in [0.29, 0.717) is 23.1 Å². The van der Waals surface area contributed by atoms with E-state index < -0.39 is 0 Å². The first-order valence-electron chi connectivity index (χ1n) is 6.59. The molecule has 1 aliphatic heterocycles. The van der Waals surface area contributed by atoms with Crippen molar-refractivity contribution in [1.82, 2.24) is 10.2 Å². The van der Waals surface area contributed by atoms with Gasteiger partial charge in [-0.05, 0) is 43.0 Å². The summed E-state index contributed by atoms with van der Waals surface area (Å²) in [5.41, 5.74) is 0.917. The van der Waals surface area contributed by atoms with E-state index in [4.69, 9.17) is 23.2 Å². The summed E-state index contributed by atoms with van der Waals surface area (Å²) in [6.45, 7) is 2.68. The minimum absolute atomic E-state index is 0.165. The Morgan fingerprint density at radius 1 is 1.21 bits per heavy atom. The van der Waals surface area contributed by atoms with Crippen molar-refractivity contribution in [2.75, 3.05) is 19.6 Å². The number of nitrogens with zero attached hydrogens (tertiary/aromatic N) is 1. The largest absolute Gasteiger partial charge is 0.342 e. The molecule has 0 unspecified atom stereocenters. The number of piperidine rings is 1. The van der Waals surface area contributed by atoms with E-state index >= 15 is 0 Å². The summed E-state index contributed by atoms with van der Waals surface area (Å²) in [6, 6.07) is 5.35.